The van der Waals surface area contributed by atoms with Gasteiger partial charge < -0.3 is 9.64 Å². The summed E-state index contributed by atoms with van der Waals surface area (Å²) < 4.78 is 18.6. The SMILES string of the molecule is Cc1ccc(OCCCN(C)C)c(F)c1. The summed E-state index contributed by atoms with van der Waals surface area (Å²) in [6, 6.07) is 5.02. The quantitative estimate of drug-likeness (QED) is 0.694. The molecule has 1 rings (SSSR count). The fourth-order valence-electron chi connectivity index (χ4n) is 1.29. The fourth-order valence-corrected chi connectivity index (χ4v) is 1.29. The van der Waals surface area contributed by atoms with Gasteiger partial charge in [-0.1, -0.05) is 6.07 Å². The van der Waals surface area contributed by atoms with Gasteiger partial charge in [-0.25, -0.2) is 4.39 Å². The molecule has 0 saturated carbocycles. The third-order valence-corrected chi connectivity index (χ3v) is 2.09. The summed E-state index contributed by atoms with van der Waals surface area (Å²) >= 11 is 0. The van der Waals surface area contributed by atoms with Gasteiger partial charge in [-0.2, -0.15) is 0 Å². The second-order valence-electron chi connectivity index (χ2n) is 3.94. The van der Waals surface area contributed by atoms with Gasteiger partial charge in [-0.15, -0.1) is 0 Å². The van der Waals surface area contributed by atoms with E-state index in [1.807, 2.05) is 27.1 Å². The highest BCUT2D eigenvalue weighted by Crippen LogP contribution is 2.17. The molecule has 2 nitrogen and oxygen atoms in total. The zero-order valence-electron chi connectivity index (χ0n) is 9.59. The van der Waals surface area contributed by atoms with Gasteiger partial charge in [0.15, 0.2) is 11.6 Å². The molecule has 0 fully saturated rings. The van der Waals surface area contributed by atoms with Crippen LogP contribution in [0.4, 0.5) is 4.39 Å². The lowest BCUT2D eigenvalue weighted by molar-refractivity contribution is 0.271. The zero-order valence-corrected chi connectivity index (χ0v) is 9.59. The smallest absolute Gasteiger partial charge is 0.165 e. The third kappa shape index (κ3) is 4.30. The number of halogens is 1. The molecule has 0 atom stereocenters. The first kappa shape index (κ1) is 12.0. The molecule has 0 amide bonds. The first-order valence-electron chi connectivity index (χ1n) is 5.13. The molecule has 0 aliphatic heterocycles. The monoisotopic (exact) mass is 211 g/mol. The predicted octanol–water partition coefficient (Wildman–Crippen LogP) is 2.46. The Bertz CT molecular complexity index is 312. The van der Waals surface area contributed by atoms with Gasteiger partial charge in [0.1, 0.15) is 0 Å². The lowest BCUT2D eigenvalue weighted by Crippen LogP contribution is -2.15. The van der Waals surface area contributed by atoms with Gasteiger partial charge in [-0.3, -0.25) is 0 Å². The summed E-state index contributed by atoms with van der Waals surface area (Å²) in [7, 11) is 4.01. The second-order valence-corrected chi connectivity index (χ2v) is 3.94. The Morgan fingerprint density at radius 2 is 2.07 bits per heavy atom. The molecule has 0 aromatic heterocycles. The van der Waals surface area contributed by atoms with E-state index in [4.69, 9.17) is 4.74 Å². The van der Waals surface area contributed by atoms with Crippen LogP contribution in [0.1, 0.15) is 12.0 Å². The first-order chi connectivity index (χ1) is 7.09. The molecule has 1 aromatic carbocycles. The Labute approximate surface area is 90.7 Å². The van der Waals surface area contributed by atoms with Gasteiger partial charge in [0, 0.05) is 6.54 Å². The van der Waals surface area contributed by atoms with Crippen LogP contribution in [-0.2, 0) is 0 Å². The molecule has 84 valence electrons. The average Bonchev–Trinajstić information content (AvgIpc) is 2.14. The van der Waals surface area contributed by atoms with Crippen LogP contribution < -0.4 is 4.74 Å². The molecule has 0 aliphatic carbocycles. The zero-order chi connectivity index (χ0) is 11.3. The Balaban J connectivity index is 2.37. The molecular weight excluding hydrogens is 193 g/mol. The Morgan fingerprint density at radius 3 is 2.67 bits per heavy atom. The van der Waals surface area contributed by atoms with Crippen molar-refractivity contribution in [1.82, 2.24) is 4.90 Å². The van der Waals surface area contributed by atoms with Crippen LogP contribution in [-0.4, -0.2) is 32.1 Å². The predicted molar refractivity (Wildman–Crippen MR) is 59.8 cm³/mol. The van der Waals surface area contributed by atoms with Crippen molar-refractivity contribution in [3.05, 3.63) is 29.6 Å². The summed E-state index contributed by atoms with van der Waals surface area (Å²) in [5, 5.41) is 0. The number of rotatable bonds is 5. The fraction of sp³-hybridized carbons (Fsp3) is 0.500. The van der Waals surface area contributed by atoms with Crippen molar-refractivity contribution in [3.8, 4) is 5.75 Å². The summed E-state index contributed by atoms with van der Waals surface area (Å²) in [4.78, 5) is 2.08. The van der Waals surface area contributed by atoms with Crippen molar-refractivity contribution in [2.75, 3.05) is 27.2 Å². The molecule has 1 aromatic rings. The van der Waals surface area contributed by atoms with Crippen LogP contribution in [0.3, 0.4) is 0 Å². The number of hydrogen-bond acceptors (Lipinski definition) is 2. The molecule has 0 saturated heterocycles. The molecule has 0 unspecified atom stereocenters. The molecule has 0 aliphatic rings. The van der Waals surface area contributed by atoms with E-state index < -0.39 is 0 Å². The van der Waals surface area contributed by atoms with Crippen molar-refractivity contribution >= 4 is 0 Å². The van der Waals surface area contributed by atoms with E-state index in [1.54, 1.807) is 6.07 Å². The first-order valence-corrected chi connectivity index (χ1v) is 5.13. The minimum atomic E-state index is -0.278. The highest BCUT2D eigenvalue weighted by molar-refractivity contribution is 5.28. The number of hydrogen-bond donors (Lipinski definition) is 0. The lowest BCUT2D eigenvalue weighted by Gasteiger charge is -2.10. The van der Waals surface area contributed by atoms with Gasteiger partial charge in [0.2, 0.25) is 0 Å². The highest BCUT2D eigenvalue weighted by atomic mass is 19.1. The largest absolute Gasteiger partial charge is 0.490 e. The standard InChI is InChI=1S/C12H18FNO/c1-10-5-6-12(11(13)9-10)15-8-4-7-14(2)3/h5-6,9H,4,7-8H2,1-3H3. The Hall–Kier alpha value is -1.09. The summed E-state index contributed by atoms with van der Waals surface area (Å²) in [5.41, 5.74) is 0.910. The maximum absolute atomic E-state index is 13.3. The van der Waals surface area contributed by atoms with Gasteiger partial charge in [0.25, 0.3) is 0 Å². The Kier molecular flexibility index (Phi) is 4.56. The van der Waals surface area contributed by atoms with Gasteiger partial charge in [-0.05, 0) is 45.1 Å². The molecule has 0 spiro atoms. The van der Waals surface area contributed by atoms with Crippen molar-refractivity contribution in [3.63, 3.8) is 0 Å². The molecular formula is C12H18FNO. The normalized spacial score (nSPS) is 10.7. The van der Waals surface area contributed by atoms with E-state index in [-0.39, 0.29) is 5.82 Å². The van der Waals surface area contributed by atoms with Crippen molar-refractivity contribution < 1.29 is 9.13 Å². The van der Waals surface area contributed by atoms with Gasteiger partial charge in [0.05, 0.1) is 6.61 Å². The molecule has 0 heterocycles. The number of benzene rings is 1. The van der Waals surface area contributed by atoms with E-state index in [0.717, 1.165) is 18.5 Å². The average molecular weight is 211 g/mol. The minimum Gasteiger partial charge on any atom is -0.490 e. The van der Waals surface area contributed by atoms with E-state index in [9.17, 15) is 4.39 Å². The number of nitrogens with zero attached hydrogens (tertiary/aromatic N) is 1. The van der Waals surface area contributed by atoms with E-state index >= 15 is 0 Å². The van der Waals surface area contributed by atoms with E-state index in [1.165, 1.54) is 6.07 Å². The number of aryl methyl sites for hydroxylation is 1. The molecule has 0 radical (unpaired) electrons. The molecule has 0 bridgehead atoms. The summed E-state index contributed by atoms with van der Waals surface area (Å²) in [6.45, 7) is 3.37. The summed E-state index contributed by atoms with van der Waals surface area (Å²) in [5.74, 6) is 0.0687. The van der Waals surface area contributed by atoms with E-state index in [2.05, 4.69) is 4.90 Å². The minimum absolute atomic E-state index is 0.278. The maximum Gasteiger partial charge on any atom is 0.165 e. The Morgan fingerprint density at radius 1 is 1.33 bits per heavy atom. The molecule has 0 N–H and O–H groups in total. The van der Waals surface area contributed by atoms with Crippen molar-refractivity contribution in [2.24, 2.45) is 0 Å². The second kappa shape index (κ2) is 5.71. The van der Waals surface area contributed by atoms with Gasteiger partial charge >= 0.3 is 0 Å². The van der Waals surface area contributed by atoms with Crippen LogP contribution in [0, 0.1) is 12.7 Å². The van der Waals surface area contributed by atoms with Crippen LogP contribution in [0.2, 0.25) is 0 Å². The van der Waals surface area contributed by atoms with Crippen molar-refractivity contribution in [1.29, 1.82) is 0 Å². The molecule has 3 heteroatoms. The van der Waals surface area contributed by atoms with Crippen LogP contribution >= 0.6 is 0 Å². The van der Waals surface area contributed by atoms with Crippen LogP contribution in [0.25, 0.3) is 0 Å². The van der Waals surface area contributed by atoms with Crippen LogP contribution in [0.15, 0.2) is 18.2 Å². The lowest BCUT2D eigenvalue weighted by atomic mass is 10.2. The maximum atomic E-state index is 13.3. The summed E-state index contributed by atoms with van der Waals surface area (Å²) in [6.07, 6.45) is 0.903. The number of ether oxygens (including phenoxy) is 1. The molecule has 15 heavy (non-hydrogen) atoms. The van der Waals surface area contributed by atoms with Crippen molar-refractivity contribution in [2.45, 2.75) is 13.3 Å². The highest BCUT2D eigenvalue weighted by Gasteiger charge is 2.02. The topological polar surface area (TPSA) is 12.5 Å². The third-order valence-electron chi connectivity index (χ3n) is 2.09. The van der Waals surface area contributed by atoms with Crippen LogP contribution in [0.5, 0.6) is 5.75 Å². The van der Waals surface area contributed by atoms with E-state index in [0.29, 0.717) is 12.4 Å².